The minimum absolute atomic E-state index is 0.257. The molecule has 0 aliphatic carbocycles. The van der Waals surface area contributed by atoms with Gasteiger partial charge in [-0.25, -0.2) is 18.4 Å². The summed E-state index contributed by atoms with van der Waals surface area (Å²) in [5.74, 6) is 0.804. The number of methoxy groups -OCH3 is 1. The van der Waals surface area contributed by atoms with E-state index in [1.165, 1.54) is 7.11 Å². The molecule has 1 aromatic carbocycles. The number of benzene rings is 1. The van der Waals surface area contributed by atoms with Gasteiger partial charge >= 0.3 is 0 Å². The molecular weight excluding hydrogens is 328 g/mol. The van der Waals surface area contributed by atoms with Crippen LogP contribution in [0.2, 0.25) is 0 Å². The predicted octanol–water partition coefficient (Wildman–Crippen LogP) is 2.40. The first-order chi connectivity index (χ1) is 11.0. The summed E-state index contributed by atoms with van der Waals surface area (Å²) in [6.45, 7) is 6.01. The highest BCUT2D eigenvalue weighted by Gasteiger charge is 2.21. The van der Waals surface area contributed by atoms with Gasteiger partial charge < -0.3 is 10.5 Å². The van der Waals surface area contributed by atoms with Crippen molar-refractivity contribution in [3.63, 3.8) is 0 Å². The third-order valence-corrected chi connectivity index (χ3v) is 3.89. The van der Waals surface area contributed by atoms with E-state index >= 15 is 0 Å². The van der Waals surface area contributed by atoms with Gasteiger partial charge in [0.2, 0.25) is 10.0 Å². The molecule has 1 heterocycles. The van der Waals surface area contributed by atoms with Gasteiger partial charge in [0.05, 0.1) is 36.6 Å². The van der Waals surface area contributed by atoms with Crippen molar-refractivity contribution >= 4 is 21.5 Å². The van der Waals surface area contributed by atoms with Gasteiger partial charge in [0, 0.05) is 11.0 Å². The summed E-state index contributed by atoms with van der Waals surface area (Å²) in [7, 11) is -1.96. The van der Waals surface area contributed by atoms with Gasteiger partial charge in [0.15, 0.2) is 0 Å². The molecule has 0 amide bonds. The smallest absolute Gasteiger partial charge is 0.229 e. The number of hydrogen-bond donors (Lipinski definition) is 2. The Morgan fingerprint density at radius 2 is 1.92 bits per heavy atom. The first-order valence-corrected chi connectivity index (χ1v) is 9.19. The fourth-order valence-corrected chi connectivity index (χ4v) is 2.80. The van der Waals surface area contributed by atoms with Crippen LogP contribution in [0.15, 0.2) is 24.4 Å². The van der Waals surface area contributed by atoms with Crippen LogP contribution in [0.3, 0.4) is 0 Å². The molecule has 1 aromatic heterocycles. The molecule has 0 bridgehead atoms. The van der Waals surface area contributed by atoms with Crippen LogP contribution in [-0.4, -0.2) is 31.8 Å². The largest absolute Gasteiger partial charge is 0.495 e. The van der Waals surface area contributed by atoms with E-state index < -0.39 is 10.0 Å². The predicted molar refractivity (Wildman–Crippen MR) is 95.6 cm³/mol. The van der Waals surface area contributed by atoms with Crippen LogP contribution in [0.4, 0.5) is 11.5 Å². The lowest BCUT2D eigenvalue weighted by Crippen LogP contribution is -2.17. The second kappa shape index (κ2) is 6.27. The number of nitrogen functional groups attached to an aromatic ring is 1. The molecule has 8 heteroatoms. The Bertz CT molecular complexity index is 858. The molecule has 0 aliphatic rings. The number of hydrogen-bond acceptors (Lipinski definition) is 6. The molecule has 0 fully saturated rings. The van der Waals surface area contributed by atoms with Gasteiger partial charge in [0.25, 0.3) is 0 Å². The van der Waals surface area contributed by atoms with Crippen molar-refractivity contribution in [3.05, 3.63) is 30.1 Å². The molecule has 24 heavy (non-hydrogen) atoms. The molecule has 0 aliphatic heterocycles. The highest BCUT2D eigenvalue weighted by Crippen LogP contribution is 2.32. The monoisotopic (exact) mass is 350 g/mol. The minimum Gasteiger partial charge on any atom is -0.495 e. The maximum absolute atomic E-state index is 11.5. The Kier molecular flexibility index (Phi) is 4.70. The quantitative estimate of drug-likeness (QED) is 0.877. The molecular formula is C16H22N4O3S. The summed E-state index contributed by atoms with van der Waals surface area (Å²) in [5, 5.41) is 0. The van der Waals surface area contributed by atoms with E-state index in [9.17, 15) is 8.42 Å². The summed E-state index contributed by atoms with van der Waals surface area (Å²) in [4.78, 5) is 8.82. The van der Waals surface area contributed by atoms with Crippen molar-refractivity contribution in [2.45, 2.75) is 26.2 Å². The zero-order valence-electron chi connectivity index (χ0n) is 14.4. The Morgan fingerprint density at radius 3 is 2.46 bits per heavy atom. The lowest BCUT2D eigenvalue weighted by molar-refractivity contribution is 0.417. The number of nitrogens with one attached hydrogen (secondary N) is 1. The van der Waals surface area contributed by atoms with Crippen molar-refractivity contribution in [2.75, 3.05) is 23.8 Å². The first-order valence-electron chi connectivity index (χ1n) is 7.30. The van der Waals surface area contributed by atoms with Gasteiger partial charge in [-0.2, -0.15) is 0 Å². The zero-order chi connectivity index (χ0) is 18.1. The van der Waals surface area contributed by atoms with E-state index in [1.54, 1.807) is 24.4 Å². The van der Waals surface area contributed by atoms with E-state index in [0.717, 1.165) is 6.26 Å². The van der Waals surface area contributed by atoms with Crippen molar-refractivity contribution in [1.82, 2.24) is 9.97 Å². The van der Waals surface area contributed by atoms with Crippen molar-refractivity contribution in [1.29, 1.82) is 0 Å². The molecule has 7 nitrogen and oxygen atoms in total. The van der Waals surface area contributed by atoms with Crippen LogP contribution in [0.5, 0.6) is 5.75 Å². The molecule has 3 N–H and O–H groups in total. The topological polar surface area (TPSA) is 107 Å². The Morgan fingerprint density at radius 1 is 1.25 bits per heavy atom. The molecule has 0 radical (unpaired) electrons. The average Bonchev–Trinajstić information content (AvgIpc) is 2.44. The number of sulfonamides is 1. The van der Waals surface area contributed by atoms with Gasteiger partial charge in [-0.3, -0.25) is 4.72 Å². The maximum atomic E-state index is 11.5. The summed E-state index contributed by atoms with van der Waals surface area (Å²) in [6.07, 6.45) is 2.65. The van der Waals surface area contributed by atoms with Crippen LogP contribution in [0.1, 0.15) is 26.5 Å². The van der Waals surface area contributed by atoms with Crippen LogP contribution >= 0.6 is 0 Å². The fourth-order valence-electron chi connectivity index (χ4n) is 2.24. The molecule has 0 saturated heterocycles. The fraction of sp³-hybridized carbons (Fsp3) is 0.375. The standard InChI is InChI=1S/C16H22N4O3S/c1-16(2,3)14-15(17)18-9-12(19-14)10-6-7-13(23-4)11(8-10)20-24(5,21)22/h6-9,20H,1-5H3,(H2,17,18). The molecule has 130 valence electrons. The van der Waals surface area contributed by atoms with Gasteiger partial charge in [-0.1, -0.05) is 20.8 Å². The third kappa shape index (κ3) is 4.14. The SMILES string of the molecule is COc1ccc(-c2cnc(N)c(C(C)(C)C)n2)cc1NS(C)(=O)=O. The van der Waals surface area contributed by atoms with Crippen LogP contribution in [-0.2, 0) is 15.4 Å². The van der Waals surface area contributed by atoms with Crippen molar-refractivity contribution < 1.29 is 13.2 Å². The molecule has 2 rings (SSSR count). The number of nitrogens with zero attached hydrogens (tertiary/aromatic N) is 2. The highest BCUT2D eigenvalue weighted by molar-refractivity contribution is 7.92. The average molecular weight is 350 g/mol. The number of anilines is 2. The first kappa shape index (κ1) is 18.0. The number of nitrogens with two attached hydrogens (primary N) is 1. The second-order valence-corrected chi connectivity index (χ2v) is 8.28. The van der Waals surface area contributed by atoms with E-state index in [2.05, 4.69) is 14.7 Å². The summed E-state index contributed by atoms with van der Waals surface area (Å²) in [6, 6.07) is 5.13. The third-order valence-electron chi connectivity index (χ3n) is 3.30. The van der Waals surface area contributed by atoms with Gasteiger partial charge in [0.1, 0.15) is 11.6 Å². The van der Waals surface area contributed by atoms with Crippen LogP contribution < -0.4 is 15.2 Å². The Balaban J connectivity index is 2.55. The lowest BCUT2D eigenvalue weighted by Gasteiger charge is -2.20. The molecule has 2 aromatic rings. The summed E-state index contributed by atoms with van der Waals surface area (Å²) in [5.41, 5.74) is 8.01. The molecule has 0 atom stereocenters. The number of aromatic nitrogens is 2. The lowest BCUT2D eigenvalue weighted by atomic mass is 9.91. The van der Waals surface area contributed by atoms with E-state index in [1.807, 2.05) is 20.8 Å². The minimum atomic E-state index is -3.43. The molecule has 0 unspecified atom stereocenters. The highest BCUT2D eigenvalue weighted by atomic mass is 32.2. The van der Waals surface area contributed by atoms with Crippen molar-refractivity contribution in [3.8, 4) is 17.0 Å². The van der Waals surface area contributed by atoms with E-state index in [-0.39, 0.29) is 5.41 Å². The number of ether oxygens (including phenoxy) is 1. The van der Waals surface area contributed by atoms with Gasteiger partial charge in [-0.15, -0.1) is 0 Å². The van der Waals surface area contributed by atoms with Crippen molar-refractivity contribution in [2.24, 2.45) is 0 Å². The molecule has 0 spiro atoms. The Hall–Kier alpha value is -2.35. The van der Waals surface area contributed by atoms with Crippen LogP contribution in [0.25, 0.3) is 11.3 Å². The van der Waals surface area contributed by atoms with E-state index in [0.29, 0.717) is 34.2 Å². The number of rotatable bonds is 4. The second-order valence-electron chi connectivity index (χ2n) is 6.53. The maximum Gasteiger partial charge on any atom is 0.229 e. The normalized spacial score (nSPS) is 12.0. The van der Waals surface area contributed by atoms with Crippen LogP contribution in [0, 0.1) is 0 Å². The van der Waals surface area contributed by atoms with Gasteiger partial charge in [-0.05, 0) is 18.2 Å². The molecule has 0 saturated carbocycles. The van der Waals surface area contributed by atoms with E-state index in [4.69, 9.17) is 10.5 Å². The summed E-state index contributed by atoms with van der Waals surface area (Å²) < 4.78 is 30.7. The Labute approximate surface area is 142 Å². The zero-order valence-corrected chi connectivity index (χ0v) is 15.2. The summed E-state index contributed by atoms with van der Waals surface area (Å²) >= 11 is 0.